The summed E-state index contributed by atoms with van der Waals surface area (Å²) in [4.78, 5) is 18.2. The van der Waals surface area contributed by atoms with Crippen LogP contribution in [-0.2, 0) is 5.75 Å². The monoisotopic (exact) mass is 272 g/mol. The molecule has 0 aliphatic carbocycles. The predicted molar refractivity (Wildman–Crippen MR) is 72.3 cm³/mol. The highest BCUT2D eigenvalue weighted by Crippen LogP contribution is 2.13. The number of nitrogens with zero attached hydrogens (tertiary/aromatic N) is 1. The van der Waals surface area contributed by atoms with E-state index in [0.29, 0.717) is 0 Å². The molecule has 0 radical (unpaired) electrons. The molecule has 5 nitrogen and oxygen atoms in total. The Morgan fingerprint density at radius 2 is 2.59 bits per heavy atom. The first kappa shape index (κ1) is 12.8. The molecular formula is C10H16N4OS2. The number of aromatic nitrogens is 2. The molecular weight excluding hydrogens is 256 g/mol. The second-order valence-electron chi connectivity index (χ2n) is 3.78. The van der Waals surface area contributed by atoms with Crippen molar-refractivity contribution in [2.24, 2.45) is 0 Å². The van der Waals surface area contributed by atoms with Crippen LogP contribution in [0.1, 0.15) is 11.4 Å². The minimum Gasteiger partial charge on any atom is -0.348 e. The van der Waals surface area contributed by atoms with Gasteiger partial charge in [0.2, 0.25) is 0 Å². The number of hydrogen-bond acceptors (Lipinski definition) is 5. The molecule has 1 fully saturated rings. The van der Waals surface area contributed by atoms with E-state index in [4.69, 9.17) is 0 Å². The number of aromatic amines is 1. The molecule has 94 valence electrons. The molecule has 0 aromatic carbocycles. The van der Waals surface area contributed by atoms with Crippen molar-refractivity contribution in [3.05, 3.63) is 17.7 Å². The summed E-state index contributed by atoms with van der Waals surface area (Å²) in [7, 11) is 0. The van der Waals surface area contributed by atoms with E-state index < -0.39 is 0 Å². The average molecular weight is 272 g/mol. The van der Waals surface area contributed by atoms with Crippen LogP contribution in [0.4, 0.5) is 4.79 Å². The molecule has 1 atom stereocenters. The van der Waals surface area contributed by atoms with Gasteiger partial charge in [-0.25, -0.2) is 4.98 Å². The number of carbonyl (C=O) groups excluding carboxylic acids is 1. The van der Waals surface area contributed by atoms with Crippen LogP contribution >= 0.6 is 23.5 Å². The minimum atomic E-state index is 0.0716. The van der Waals surface area contributed by atoms with Gasteiger partial charge < -0.3 is 10.3 Å². The quantitative estimate of drug-likeness (QED) is 0.682. The molecule has 1 saturated heterocycles. The largest absolute Gasteiger partial charge is 0.348 e. The molecule has 17 heavy (non-hydrogen) atoms. The fraction of sp³-hybridized carbons (Fsp3) is 0.600. The summed E-state index contributed by atoms with van der Waals surface area (Å²) < 4.78 is 0. The molecule has 1 amide bonds. The Kier molecular flexibility index (Phi) is 4.75. The summed E-state index contributed by atoms with van der Waals surface area (Å²) in [6, 6.07) is 0. The minimum absolute atomic E-state index is 0.0716. The first-order valence-electron chi connectivity index (χ1n) is 5.49. The molecule has 1 unspecified atom stereocenters. The lowest BCUT2D eigenvalue weighted by Crippen LogP contribution is -2.41. The van der Waals surface area contributed by atoms with Crippen LogP contribution in [0.5, 0.6) is 0 Å². The normalized spacial score (nSPS) is 19.6. The van der Waals surface area contributed by atoms with Gasteiger partial charge in [-0.2, -0.15) is 11.8 Å². The van der Waals surface area contributed by atoms with Crippen LogP contribution in [0, 0.1) is 6.92 Å². The number of carbonyl (C=O) groups is 1. The Bertz CT molecular complexity index is 382. The Labute approximate surface area is 109 Å². The highest BCUT2D eigenvalue weighted by molar-refractivity contribution is 8.13. The van der Waals surface area contributed by atoms with Crippen molar-refractivity contribution in [3.63, 3.8) is 0 Å². The van der Waals surface area contributed by atoms with Crippen LogP contribution in [-0.4, -0.2) is 39.4 Å². The van der Waals surface area contributed by atoms with Crippen molar-refractivity contribution in [1.82, 2.24) is 20.6 Å². The van der Waals surface area contributed by atoms with E-state index in [9.17, 15) is 4.79 Å². The Morgan fingerprint density at radius 1 is 1.71 bits per heavy atom. The third kappa shape index (κ3) is 3.93. The summed E-state index contributed by atoms with van der Waals surface area (Å²) >= 11 is 3.18. The molecule has 2 rings (SSSR count). The maximum atomic E-state index is 10.9. The number of amides is 1. The Morgan fingerprint density at radius 3 is 3.24 bits per heavy atom. The molecule has 1 aliphatic heterocycles. The highest BCUT2D eigenvalue weighted by Gasteiger charge is 2.20. The van der Waals surface area contributed by atoms with Gasteiger partial charge >= 0.3 is 0 Å². The summed E-state index contributed by atoms with van der Waals surface area (Å²) in [5.41, 5.74) is 2.27. The fourth-order valence-electron chi connectivity index (χ4n) is 1.50. The SMILES string of the molecule is Cc1[nH]cnc1CSCCNC1CSC(=O)N1. The maximum Gasteiger partial charge on any atom is 0.280 e. The van der Waals surface area contributed by atoms with Crippen molar-refractivity contribution in [1.29, 1.82) is 0 Å². The van der Waals surface area contributed by atoms with Gasteiger partial charge in [-0.05, 0) is 6.92 Å². The molecule has 0 spiro atoms. The molecule has 0 saturated carbocycles. The lowest BCUT2D eigenvalue weighted by Gasteiger charge is -2.10. The van der Waals surface area contributed by atoms with Gasteiger partial charge in [0.05, 0.1) is 18.2 Å². The second-order valence-corrected chi connectivity index (χ2v) is 5.87. The number of aryl methyl sites for hydroxylation is 1. The van der Waals surface area contributed by atoms with Gasteiger partial charge in [-0.3, -0.25) is 10.1 Å². The third-order valence-electron chi connectivity index (χ3n) is 2.48. The number of H-pyrrole nitrogens is 1. The first-order chi connectivity index (χ1) is 8.25. The molecule has 1 aliphatic rings. The zero-order valence-electron chi connectivity index (χ0n) is 9.66. The Hall–Kier alpha value is -0.660. The van der Waals surface area contributed by atoms with Gasteiger partial charge in [-0.1, -0.05) is 11.8 Å². The average Bonchev–Trinajstić information content (AvgIpc) is 2.88. The number of rotatable bonds is 6. The van der Waals surface area contributed by atoms with Crippen LogP contribution in [0.25, 0.3) is 0 Å². The van der Waals surface area contributed by atoms with Gasteiger partial charge in [-0.15, -0.1) is 0 Å². The van der Waals surface area contributed by atoms with Crippen molar-refractivity contribution in [2.75, 3.05) is 18.1 Å². The van der Waals surface area contributed by atoms with Crippen LogP contribution in [0.3, 0.4) is 0 Å². The zero-order valence-corrected chi connectivity index (χ0v) is 11.3. The first-order valence-corrected chi connectivity index (χ1v) is 7.63. The molecule has 1 aromatic heterocycles. The molecule has 1 aromatic rings. The van der Waals surface area contributed by atoms with Crippen LogP contribution < -0.4 is 10.6 Å². The third-order valence-corrected chi connectivity index (χ3v) is 4.33. The summed E-state index contributed by atoms with van der Waals surface area (Å²) in [6.45, 7) is 2.94. The van der Waals surface area contributed by atoms with Crippen molar-refractivity contribution >= 4 is 28.8 Å². The number of thioether (sulfide) groups is 2. The van der Waals surface area contributed by atoms with Crippen LogP contribution in [0.15, 0.2) is 6.33 Å². The van der Waals surface area contributed by atoms with Crippen molar-refractivity contribution in [2.45, 2.75) is 18.8 Å². The van der Waals surface area contributed by atoms with Gasteiger partial charge in [0.15, 0.2) is 0 Å². The van der Waals surface area contributed by atoms with Crippen molar-refractivity contribution < 1.29 is 4.79 Å². The number of hydrogen-bond donors (Lipinski definition) is 3. The number of nitrogens with one attached hydrogen (secondary N) is 3. The lowest BCUT2D eigenvalue weighted by atomic mass is 10.4. The van der Waals surface area contributed by atoms with E-state index >= 15 is 0 Å². The topological polar surface area (TPSA) is 69.8 Å². The zero-order chi connectivity index (χ0) is 12.1. The summed E-state index contributed by atoms with van der Waals surface area (Å²) in [6.07, 6.45) is 1.87. The second kappa shape index (κ2) is 6.32. The summed E-state index contributed by atoms with van der Waals surface area (Å²) in [5, 5.41) is 6.23. The van der Waals surface area contributed by atoms with E-state index in [1.807, 2.05) is 18.7 Å². The molecule has 0 bridgehead atoms. The highest BCUT2D eigenvalue weighted by atomic mass is 32.2. The fourth-order valence-corrected chi connectivity index (χ4v) is 3.14. The van der Waals surface area contributed by atoms with E-state index in [-0.39, 0.29) is 11.4 Å². The lowest BCUT2D eigenvalue weighted by molar-refractivity contribution is 0.258. The summed E-state index contributed by atoms with van der Waals surface area (Å²) in [5.74, 6) is 2.77. The van der Waals surface area contributed by atoms with E-state index in [2.05, 4.69) is 20.6 Å². The standard InChI is InChI=1S/C10H16N4OS2/c1-7-8(13-6-12-7)4-16-3-2-11-9-5-17-10(15)14-9/h6,9,11H,2-5H2,1H3,(H,12,13)(H,14,15). The van der Waals surface area contributed by atoms with E-state index in [0.717, 1.165) is 35.2 Å². The smallest absolute Gasteiger partial charge is 0.280 e. The maximum absolute atomic E-state index is 10.9. The number of imidazole rings is 1. The van der Waals surface area contributed by atoms with Gasteiger partial charge in [0.1, 0.15) is 0 Å². The molecule has 3 N–H and O–H groups in total. The molecule has 2 heterocycles. The van der Waals surface area contributed by atoms with E-state index in [1.165, 1.54) is 11.8 Å². The van der Waals surface area contributed by atoms with Crippen LogP contribution in [0.2, 0.25) is 0 Å². The van der Waals surface area contributed by atoms with E-state index in [1.54, 1.807) is 6.33 Å². The van der Waals surface area contributed by atoms with Crippen molar-refractivity contribution in [3.8, 4) is 0 Å². The predicted octanol–water partition coefficient (Wildman–Crippen LogP) is 1.32. The van der Waals surface area contributed by atoms with Gasteiger partial charge in [0, 0.05) is 29.5 Å². The Balaban J connectivity index is 1.55. The molecule has 7 heteroatoms. The van der Waals surface area contributed by atoms with Gasteiger partial charge in [0.25, 0.3) is 5.24 Å².